The van der Waals surface area contributed by atoms with Crippen LogP contribution in [0, 0.1) is 19.7 Å². The molecule has 1 fully saturated rings. The smallest absolute Gasteiger partial charge is 0.293 e. The van der Waals surface area contributed by atoms with Crippen LogP contribution >= 0.6 is 39.3 Å². The lowest BCUT2D eigenvalue weighted by Crippen LogP contribution is -2.27. The fourth-order valence-electron chi connectivity index (χ4n) is 3.71. The van der Waals surface area contributed by atoms with Crippen LogP contribution in [0.25, 0.3) is 6.08 Å². The summed E-state index contributed by atoms with van der Waals surface area (Å²) in [4.78, 5) is 39.2. The third-order valence-corrected chi connectivity index (χ3v) is 7.83. The van der Waals surface area contributed by atoms with Gasteiger partial charge in [-0.05, 0) is 106 Å². The molecule has 0 unspecified atom stereocenters. The zero-order valence-electron chi connectivity index (χ0n) is 21.1. The molecule has 4 rings (SSSR count). The van der Waals surface area contributed by atoms with E-state index >= 15 is 0 Å². The molecular formula is C28H23BrClFN2O5S. The van der Waals surface area contributed by atoms with Gasteiger partial charge in [0.1, 0.15) is 5.82 Å². The first-order chi connectivity index (χ1) is 18.5. The van der Waals surface area contributed by atoms with Crippen molar-refractivity contribution in [3.63, 3.8) is 0 Å². The van der Waals surface area contributed by atoms with Crippen molar-refractivity contribution >= 4 is 68.1 Å². The molecule has 3 aromatic carbocycles. The Balaban J connectivity index is 1.43. The van der Waals surface area contributed by atoms with E-state index in [9.17, 15) is 18.8 Å². The molecule has 3 amide bonds. The summed E-state index contributed by atoms with van der Waals surface area (Å²) in [5, 5.41) is 2.49. The first-order valence-corrected chi connectivity index (χ1v) is 13.6. The van der Waals surface area contributed by atoms with E-state index in [1.54, 1.807) is 24.3 Å². The van der Waals surface area contributed by atoms with Crippen molar-refractivity contribution in [3.05, 3.63) is 91.0 Å². The molecule has 0 radical (unpaired) electrons. The monoisotopic (exact) mass is 632 g/mol. The number of methoxy groups -OCH3 is 1. The van der Waals surface area contributed by atoms with Crippen LogP contribution in [-0.2, 0) is 16.1 Å². The molecule has 1 N–H and O–H groups in total. The number of ether oxygens (including phenoxy) is 2. The van der Waals surface area contributed by atoms with E-state index in [-0.39, 0.29) is 29.0 Å². The fraction of sp³-hybridized carbons (Fsp3) is 0.179. The molecule has 1 heterocycles. The molecule has 0 spiro atoms. The van der Waals surface area contributed by atoms with Gasteiger partial charge < -0.3 is 14.8 Å². The van der Waals surface area contributed by atoms with Crippen LogP contribution in [0.1, 0.15) is 22.3 Å². The Hall–Kier alpha value is -3.34. The standard InChI is InChI=1S/C28H23BrClFN2O5S/c1-15-8-20(29)22(9-16(15)2)32-26(34)14-38-23-7-4-17(10-24(23)37-3)11-25-27(35)33(28(36)39-25)13-18-5-6-19(31)12-21(18)30/h4-12H,13-14H2,1-3H3,(H,32,34)/b25-11-. The number of benzene rings is 3. The van der Waals surface area contributed by atoms with E-state index < -0.39 is 17.0 Å². The summed E-state index contributed by atoms with van der Waals surface area (Å²) in [6, 6.07) is 12.5. The van der Waals surface area contributed by atoms with Crippen molar-refractivity contribution in [2.75, 3.05) is 19.0 Å². The molecule has 0 aliphatic carbocycles. The van der Waals surface area contributed by atoms with Crippen LogP contribution in [0.4, 0.5) is 14.9 Å². The van der Waals surface area contributed by atoms with Gasteiger partial charge in [-0.3, -0.25) is 19.3 Å². The van der Waals surface area contributed by atoms with Gasteiger partial charge in [-0.15, -0.1) is 0 Å². The van der Waals surface area contributed by atoms with Crippen LogP contribution in [0.5, 0.6) is 11.5 Å². The maximum absolute atomic E-state index is 13.3. The molecule has 0 atom stereocenters. The minimum atomic E-state index is -0.505. The molecule has 3 aromatic rings. The number of hydrogen-bond acceptors (Lipinski definition) is 6. The van der Waals surface area contributed by atoms with E-state index in [4.69, 9.17) is 21.1 Å². The zero-order chi connectivity index (χ0) is 28.3. The molecule has 1 aliphatic rings. The molecule has 0 bridgehead atoms. The Labute approximate surface area is 242 Å². The minimum Gasteiger partial charge on any atom is -0.493 e. The molecule has 11 heteroatoms. The van der Waals surface area contributed by atoms with Crippen molar-refractivity contribution in [2.24, 2.45) is 0 Å². The van der Waals surface area contributed by atoms with Crippen LogP contribution in [0.15, 0.2) is 57.9 Å². The summed E-state index contributed by atoms with van der Waals surface area (Å²) in [7, 11) is 1.46. The Kier molecular flexibility index (Phi) is 8.99. The van der Waals surface area contributed by atoms with Gasteiger partial charge in [0.25, 0.3) is 17.1 Å². The van der Waals surface area contributed by atoms with Gasteiger partial charge in [-0.25, -0.2) is 4.39 Å². The lowest BCUT2D eigenvalue weighted by atomic mass is 10.1. The van der Waals surface area contributed by atoms with E-state index in [0.29, 0.717) is 28.3 Å². The number of anilines is 1. The predicted octanol–water partition coefficient (Wildman–Crippen LogP) is 7.12. The Bertz CT molecular complexity index is 1510. The number of hydrogen-bond donors (Lipinski definition) is 1. The second-order valence-electron chi connectivity index (χ2n) is 8.67. The number of aryl methyl sites for hydroxylation is 2. The van der Waals surface area contributed by atoms with Gasteiger partial charge in [0.2, 0.25) is 0 Å². The number of imide groups is 1. The largest absolute Gasteiger partial charge is 0.493 e. The number of rotatable bonds is 8. The van der Waals surface area contributed by atoms with E-state index in [0.717, 1.165) is 38.3 Å². The van der Waals surface area contributed by atoms with Crippen molar-refractivity contribution in [1.82, 2.24) is 4.90 Å². The highest BCUT2D eigenvalue weighted by atomic mass is 79.9. The fourth-order valence-corrected chi connectivity index (χ4v) is 5.33. The number of carbonyl (C=O) groups excluding carboxylic acids is 3. The van der Waals surface area contributed by atoms with Crippen molar-refractivity contribution in [1.29, 1.82) is 0 Å². The number of nitrogens with one attached hydrogen (secondary N) is 1. The van der Waals surface area contributed by atoms with Crippen LogP contribution < -0.4 is 14.8 Å². The van der Waals surface area contributed by atoms with Gasteiger partial charge in [-0.2, -0.15) is 0 Å². The lowest BCUT2D eigenvalue weighted by molar-refractivity contribution is -0.123. The van der Waals surface area contributed by atoms with Gasteiger partial charge in [-0.1, -0.05) is 23.7 Å². The highest BCUT2D eigenvalue weighted by molar-refractivity contribution is 9.10. The number of carbonyl (C=O) groups is 3. The summed E-state index contributed by atoms with van der Waals surface area (Å²) < 4.78 is 25.2. The van der Waals surface area contributed by atoms with Crippen molar-refractivity contribution in [3.8, 4) is 11.5 Å². The zero-order valence-corrected chi connectivity index (χ0v) is 24.3. The lowest BCUT2D eigenvalue weighted by Gasteiger charge is -2.14. The van der Waals surface area contributed by atoms with Gasteiger partial charge >= 0.3 is 0 Å². The Morgan fingerprint density at radius 2 is 1.85 bits per heavy atom. The summed E-state index contributed by atoms with van der Waals surface area (Å²) in [6.07, 6.45) is 1.56. The SMILES string of the molecule is COc1cc(/C=C2\SC(=O)N(Cc3ccc(F)cc3Cl)C2=O)ccc1OCC(=O)Nc1cc(C)c(C)cc1Br. The van der Waals surface area contributed by atoms with Crippen molar-refractivity contribution < 1.29 is 28.2 Å². The summed E-state index contributed by atoms with van der Waals surface area (Å²) in [6.45, 7) is 3.62. The summed E-state index contributed by atoms with van der Waals surface area (Å²) >= 11 is 10.3. The highest BCUT2D eigenvalue weighted by Gasteiger charge is 2.35. The first-order valence-electron chi connectivity index (χ1n) is 11.6. The highest BCUT2D eigenvalue weighted by Crippen LogP contribution is 2.36. The maximum Gasteiger partial charge on any atom is 0.293 e. The second-order valence-corrected chi connectivity index (χ2v) is 10.9. The predicted molar refractivity (Wildman–Crippen MR) is 154 cm³/mol. The van der Waals surface area contributed by atoms with E-state index in [1.807, 2.05) is 26.0 Å². The molecule has 7 nitrogen and oxygen atoms in total. The van der Waals surface area contributed by atoms with E-state index in [2.05, 4.69) is 21.2 Å². The summed E-state index contributed by atoms with van der Waals surface area (Å²) in [5.41, 5.74) is 3.84. The number of halogens is 3. The topological polar surface area (TPSA) is 84.9 Å². The van der Waals surface area contributed by atoms with Gasteiger partial charge in [0.15, 0.2) is 18.1 Å². The molecule has 202 valence electrons. The third-order valence-electron chi connectivity index (χ3n) is 5.92. The molecule has 0 saturated carbocycles. The second kappa shape index (κ2) is 12.2. The van der Waals surface area contributed by atoms with E-state index in [1.165, 1.54) is 19.2 Å². The first kappa shape index (κ1) is 28.7. The Morgan fingerprint density at radius 1 is 1.10 bits per heavy atom. The van der Waals surface area contributed by atoms with Crippen LogP contribution in [-0.4, -0.2) is 35.7 Å². The molecule has 39 heavy (non-hydrogen) atoms. The Morgan fingerprint density at radius 3 is 2.56 bits per heavy atom. The molecule has 0 aromatic heterocycles. The van der Waals surface area contributed by atoms with Crippen LogP contribution in [0.2, 0.25) is 5.02 Å². The minimum absolute atomic E-state index is 0.0714. The van der Waals surface area contributed by atoms with Crippen molar-refractivity contribution in [2.45, 2.75) is 20.4 Å². The number of thioether (sulfide) groups is 1. The summed E-state index contributed by atoms with van der Waals surface area (Å²) in [5.74, 6) is -0.655. The average molecular weight is 634 g/mol. The van der Waals surface area contributed by atoms with Gasteiger partial charge in [0.05, 0.1) is 24.2 Å². The quantitative estimate of drug-likeness (QED) is 0.266. The number of amides is 3. The normalized spacial score (nSPS) is 14.2. The molecule has 1 aliphatic heterocycles. The van der Waals surface area contributed by atoms with Crippen LogP contribution in [0.3, 0.4) is 0 Å². The maximum atomic E-state index is 13.3. The van der Waals surface area contributed by atoms with Gasteiger partial charge in [0, 0.05) is 9.50 Å². The molecule has 1 saturated heterocycles. The third kappa shape index (κ3) is 6.81. The molecular weight excluding hydrogens is 611 g/mol. The average Bonchev–Trinajstić information content (AvgIpc) is 3.15. The number of nitrogens with zero attached hydrogens (tertiary/aromatic N) is 1.